The maximum Gasteiger partial charge on any atom is 0.260 e. The molecule has 0 radical (unpaired) electrons. The van der Waals surface area contributed by atoms with Gasteiger partial charge in [0.15, 0.2) is 0 Å². The van der Waals surface area contributed by atoms with E-state index in [2.05, 4.69) is 20.8 Å². The number of nitrogens with zero attached hydrogens (tertiary/aromatic N) is 1. The van der Waals surface area contributed by atoms with Crippen LogP contribution >= 0.6 is 0 Å². The van der Waals surface area contributed by atoms with E-state index in [0.29, 0.717) is 16.9 Å². The number of hydrazine groups is 1. The third-order valence-electron chi connectivity index (χ3n) is 2.71. The Labute approximate surface area is 109 Å². The van der Waals surface area contributed by atoms with E-state index >= 15 is 0 Å². The summed E-state index contributed by atoms with van der Waals surface area (Å²) in [7, 11) is 0. The highest BCUT2D eigenvalue weighted by Crippen LogP contribution is 2.09. The van der Waals surface area contributed by atoms with Gasteiger partial charge in [-0.05, 0) is 24.3 Å². The molecule has 0 amide bonds. The van der Waals surface area contributed by atoms with Crippen molar-refractivity contribution >= 4 is 22.5 Å². The SMILES string of the molecule is O=c1[nH]c(NNc2ccccc2)nc2ccccc12. The summed E-state index contributed by atoms with van der Waals surface area (Å²) in [6.45, 7) is 0. The standard InChI is InChI=1S/C14H12N4O/c19-13-11-8-4-5-9-12(11)15-14(16-13)18-17-10-6-2-1-3-7-10/h1-9,17H,(H2,15,16,18,19). The van der Waals surface area contributed by atoms with E-state index < -0.39 is 0 Å². The first-order chi connectivity index (χ1) is 9.33. The normalized spacial score (nSPS) is 10.3. The second-order valence-corrected chi connectivity index (χ2v) is 4.05. The van der Waals surface area contributed by atoms with Crippen LogP contribution in [0.1, 0.15) is 0 Å². The highest BCUT2D eigenvalue weighted by atomic mass is 16.1. The summed E-state index contributed by atoms with van der Waals surface area (Å²) < 4.78 is 0. The topological polar surface area (TPSA) is 69.8 Å². The summed E-state index contributed by atoms with van der Waals surface area (Å²) in [5, 5.41) is 0.577. The Morgan fingerprint density at radius 1 is 0.895 bits per heavy atom. The van der Waals surface area contributed by atoms with Gasteiger partial charge < -0.3 is 0 Å². The fourth-order valence-electron chi connectivity index (χ4n) is 1.80. The van der Waals surface area contributed by atoms with Crippen molar-refractivity contribution in [2.24, 2.45) is 0 Å². The zero-order chi connectivity index (χ0) is 13.1. The quantitative estimate of drug-likeness (QED) is 0.626. The van der Waals surface area contributed by atoms with Crippen LogP contribution in [-0.2, 0) is 0 Å². The number of aromatic nitrogens is 2. The van der Waals surface area contributed by atoms with Crippen LogP contribution in [0.4, 0.5) is 11.6 Å². The lowest BCUT2D eigenvalue weighted by molar-refractivity contribution is 1.14. The molecule has 0 spiro atoms. The predicted octanol–water partition coefficient (Wildman–Crippen LogP) is 2.36. The average molecular weight is 252 g/mol. The molecule has 0 bridgehead atoms. The van der Waals surface area contributed by atoms with Crippen molar-refractivity contribution in [2.75, 3.05) is 10.9 Å². The molecule has 2 aromatic carbocycles. The molecule has 3 rings (SSSR count). The predicted molar refractivity (Wildman–Crippen MR) is 76.1 cm³/mol. The van der Waals surface area contributed by atoms with Crippen molar-refractivity contribution in [2.45, 2.75) is 0 Å². The van der Waals surface area contributed by atoms with Crippen LogP contribution in [-0.4, -0.2) is 9.97 Å². The molecule has 0 aliphatic carbocycles. The molecule has 3 N–H and O–H groups in total. The number of benzene rings is 2. The molecule has 1 aromatic heterocycles. The Morgan fingerprint density at radius 2 is 1.63 bits per heavy atom. The van der Waals surface area contributed by atoms with E-state index in [0.717, 1.165) is 5.69 Å². The molecule has 3 aromatic rings. The monoisotopic (exact) mass is 252 g/mol. The number of nitrogens with one attached hydrogen (secondary N) is 3. The summed E-state index contributed by atoms with van der Waals surface area (Å²) >= 11 is 0. The van der Waals surface area contributed by atoms with Crippen LogP contribution in [0, 0.1) is 0 Å². The third-order valence-corrected chi connectivity index (χ3v) is 2.71. The van der Waals surface area contributed by atoms with Gasteiger partial charge in [0, 0.05) is 0 Å². The Bertz CT molecular complexity index is 752. The summed E-state index contributed by atoms with van der Waals surface area (Å²) in [6, 6.07) is 16.8. The van der Waals surface area contributed by atoms with Crippen molar-refractivity contribution < 1.29 is 0 Å². The molecule has 0 aliphatic heterocycles. The van der Waals surface area contributed by atoms with Crippen molar-refractivity contribution in [3.05, 3.63) is 65.0 Å². The molecule has 94 valence electrons. The van der Waals surface area contributed by atoms with E-state index in [9.17, 15) is 4.79 Å². The molecule has 0 saturated carbocycles. The highest BCUT2D eigenvalue weighted by molar-refractivity contribution is 5.78. The molecule has 0 aliphatic rings. The molecule has 5 nitrogen and oxygen atoms in total. The number of anilines is 2. The molecule has 0 saturated heterocycles. The van der Waals surface area contributed by atoms with Crippen molar-refractivity contribution in [3.63, 3.8) is 0 Å². The number of H-pyrrole nitrogens is 1. The average Bonchev–Trinajstić information content (AvgIpc) is 2.46. The summed E-state index contributed by atoms with van der Waals surface area (Å²) in [6.07, 6.45) is 0. The number of hydrogen-bond donors (Lipinski definition) is 3. The largest absolute Gasteiger partial charge is 0.298 e. The maximum absolute atomic E-state index is 11.8. The fourth-order valence-corrected chi connectivity index (χ4v) is 1.80. The fraction of sp³-hybridized carbons (Fsp3) is 0. The van der Waals surface area contributed by atoms with Crippen LogP contribution in [0.2, 0.25) is 0 Å². The minimum absolute atomic E-state index is 0.164. The van der Waals surface area contributed by atoms with Crippen molar-refractivity contribution in [3.8, 4) is 0 Å². The van der Waals surface area contributed by atoms with Crippen LogP contribution in [0.5, 0.6) is 0 Å². The zero-order valence-electron chi connectivity index (χ0n) is 10.1. The second kappa shape index (κ2) is 4.81. The molecule has 19 heavy (non-hydrogen) atoms. The van der Waals surface area contributed by atoms with Crippen LogP contribution in [0.3, 0.4) is 0 Å². The van der Waals surface area contributed by atoms with Gasteiger partial charge >= 0.3 is 0 Å². The molecule has 0 atom stereocenters. The van der Waals surface area contributed by atoms with E-state index in [1.807, 2.05) is 42.5 Å². The number of para-hydroxylation sites is 2. The van der Waals surface area contributed by atoms with Crippen LogP contribution in [0.25, 0.3) is 10.9 Å². The van der Waals surface area contributed by atoms with Gasteiger partial charge in [0.25, 0.3) is 5.56 Å². The molecule has 1 heterocycles. The first-order valence-corrected chi connectivity index (χ1v) is 5.89. The van der Waals surface area contributed by atoms with Gasteiger partial charge in [-0.2, -0.15) is 0 Å². The molecular weight excluding hydrogens is 240 g/mol. The van der Waals surface area contributed by atoms with Gasteiger partial charge in [-0.15, -0.1) is 0 Å². The number of fused-ring (bicyclic) bond motifs is 1. The highest BCUT2D eigenvalue weighted by Gasteiger charge is 2.02. The van der Waals surface area contributed by atoms with E-state index in [1.54, 1.807) is 12.1 Å². The summed E-state index contributed by atoms with van der Waals surface area (Å²) in [5.74, 6) is 0.382. The Balaban J connectivity index is 1.88. The molecular formula is C14H12N4O. The smallest absolute Gasteiger partial charge is 0.260 e. The van der Waals surface area contributed by atoms with E-state index in [-0.39, 0.29) is 5.56 Å². The van der Waals surface area contributed by atoms with Crippen molar-refractivity contribution in [1.29, 1.82) is 0 Å². The minimum Gasteiger partial charge on any atom is -0.298 e. The van der Waals surface area contributed by atoms with Crippen molar-refractivity contribution in [1.82, 2.24) is 9.97 Å². The molecule has 0 fully saturated rings. The van der Waals surface area contributed by atoms with Gasteiger partial charge in [0.1, 0.15) is 0 Å². The zero-order valence-corrected chi connectivity index (χ0v) is 10.1. The number of hydrogen-bond acceptors (Lipinski definition) is 4. The maximum atomic E-state index is 11.8. The number of rotatable bonds is 3. The number of aromatic amines is 1. The van der Waals surface area contributed by atoms with Gasteiger partial charge in [0.05, 0.1) is 16.6 Å². The van der Waals surface area contributed by atoms with Gasteiger partial charge in [-0.25, -0.2) is 4.98 Å². The summed E-state index contributed by atoms with van der Waals surface area (Å²) in [4.78, 5) is 18.8. The van der Waals surface area contributed by atoms with Gasteiger partial charge in [-0.1, -0.05) is 30.3 Å². The molecule has 5 heteroatoms. The van der Waals surface area contributed by atoms with Gasteiger partial charge in [0.2, 0.25) is 5.95 Å². The lowest BCUT2D eigenvalue weighted by Gasteiger charge is -2.08. The first kappa shape index (κ1) is 11.3. The Morgan fingerprint density at radius 3 is 2.47 bits per heavy atom. The Hall–Kier alpha value is -2.82. The molecule has 0 unspecified atom stereocenters. The second-order valence-electron chi connectivity index (χ2n) is 4.05. The summed E-state index contributed by atoms with van der Waals surface area (Å²) in [5.41, 5.74) is 7.23. The first-order valence-electron chi connectivity index (χ1n) is 5.89. The third kappa shape index (κ3) is 2.40. The lowest BCUT2D eigenvalue weighted by atomic mass is 10.2. The Kier molecular flexibility index (Phi) is 2.86. The van der Waals surface area contributed by atoms with Crippen LogP contribution < -0.4 is 16.4 Å². The van der Waals surface area contributed by atoms with Crippen LogP contribution in [0.15, 0.2) is 59.4 Å². The minimum atomic E-state index is -0.164. The van der Waals surface area contributed by atoms with E-state index in [1.165, 1.54) is 0 Å². The lowest BCUT2D eigenvalue weighted by Crippen LogP contribution is -2.17. The van der Waals surface area contributed by atoms with E-state index in [4.69, 9.17) is 0 Å². The van der Waals surface area contributed by atoms with Gasteiger partial charge in [-0.3, -0.25) is 20.6 Å².